The van der Waals surface area contributed by atoms with Gasteiger partial charge in [0, 0.05) is 30.6 Å². The Morgan fingerprint density at radius 1 is 1.08 bits per heavy atom. The van der Waals surface area contributed by atoms with Crippen molar-refractivity contribution in [3.63, 3.8) is 0 Å². The maximum Gasteiger partial charge on any atom is 0.337 e. The topological polar surface area (TPSA) is 85.0 Å². The van der Waals surface area contributed by atoms with Crippen molar-refractivity contribution in [1.29, 1.82) is 0 Å². The number of carbonyl (C=O) groups excluding carboxylic acids is 3. The number of halogens is 1. The molecule has 2 N–H and O–H groups in total. The summed E-state index contributed by atoms with van der Waals surface area (Å²) in [5.41, 5.74) is 5.67. The predicted molar refractivity (Wildman–Crippen MR) is 140 cm³/mol. The van der Waals surface area contributed by atoms with Crippen LogP contribution in [-0.4, -0.2) is 51.5 Å². The van der Waals surface area contributed by atoms with Crippen LogP contribution in [0.5, 0.6) is 0 Å². The van der Waals surface area contributed by atoms with Gasteiger partial charge in [-0.05, 0) is 43.7 Å². The lowest BCUT2D eigenvalue weighted by Crippen LogP contribution is -2.66. The van der Waals surface area contributed by atoms with Crippen LogP contribution in [-0.2, 0) is 22.7 Å². The molecule has 9 heteroatoms. The highest BCUT2D eigenvalue weighted by molar-refractivity contribution is 5.87. The van der Waals surface area contributed by atoms with Gasteiger partial charge in [-0.2, -0.15) is 5.43 Å². The van der Waals surface area contributed by atoms with Crippen LogP contribution in [0.25, 0.3) is 0 Å². The van der Waals surface area contributed by atoms with Gasteiger partial charge in [-0.1, -0.05) is 61.9 Å². The highest BCUT2D eigenvalue weighted by Gasteiger charge is 2.56. The molecule has 4 atom stereocenters. The molecule has 2 heterocycles. The van der Waals surface area contributed by atoms with Gasteiger partial charge in [0.2, 0.25) is 11.8 Å². The molecule has 0 spiro atoms. The Balaban J connectivity index is 1.42. The second-order valence-electron chi connectivity index (χ2n) is 11.1. The second kappa shape index (κ2) is 10.7. The van der Waals surface area contributed by atoms with Gasteiger partial charge in [0.05, 0.1) is 12.5 Å². The molecule has 2 saturated heterocycles. The molecule has 3 fully saturated rings. The Hall–Kier alpha value is -3.46. The molecular formula is C29H36FN5O3. The van der Waals surface area contributed by atoms with Crippen molar-refractivity contribution in [2.75, 3.05) is 6.54 Å². The van der Waals surface area contributed by atoms with Crippen molar-refractivity contribution in [3.8, 4) is 0 Å². The number of fused-ring (bicyclic) bond motifs is 3. The minimum absolute atomic E-state index is 0.0222. The molecule has 3 aliphatic rings. The summed E-state index contributed by atoms with van der Waals surface area (Å²) >= 11 is 0. The molecule has 2 aromatic carbocycles. The summed E-state index contributed by atoms with van der Waals surface area (Å²) in [6.07, 6.45) is 0.865. The van der Waals surface area contributed by atoms with E-state index in [1.165, 1.54) is 11.1 Å². The lowest BCUT2D eigenvalue weighted by Gasteiger charge is -2.49. The van der Waals surface area contributed by atoms with Crippen LogP contribution in [0.15, 0.2) is 48.5 Å². The smallest absolute Gasteiger partial charge is 0.337 e. The highest BCUT2D eigenvalue weighted by atomic mass is 19.1. The molecule has 8 nitrogen and oxygen atoms in total. The molecule has 1 saturated carbocycles. The fourth-order valence-electron chi connectivity index (χ4n) is 5.77. The van der Waals surface area contributed by atoms with Crippen LogP contribution < -0.4 is 10.7 Å². The summed E-state index contributed by atoms with van der Waals surface area (Å²) in [6, 6.07) is 13.6. The molecular weight excluding hydrogens is 485 g/mol. The van der Waals surface area contributed by atoms with Gasteiger partial charge in [0.15, 0.2) is 6.29 Å². The second-order valence-corrected chi connectivity index (χ2v) is 11.1. The van der Waals surface area contributed by atoms with Gasteiger partial charge in [-0.15, -0.1) is 0 Å². The third kappa shape index (κ3) is 5.12. The minimum atomic E-state index is -0.707. The van der Waals surface area contributed by atoms with Gasteiger partial charge in [0.25, 0.3) is 0 Å². The summed E-state index contributed by atoms with van der Waals surface area (Å²) in [7, 11) is 0. The van der Waals surface area contributed by atoms with Gasteiger partial charge >= 0.3 is 6.03 Å². The molecule has 4 amide bonds. The van der Waals surface area contributed by atoms with Crippen LogP contribution in [0, 0.1) is 30.5 Å². The molecule has 1 aliphatic carbocycles. The number of urea groups is 1. The summed E-state index contributed by atoms with van der Waals surface area (Å²) in [6.45, 7) is 7.06. The number of rotatable bonds is 7. The molecule has 0 radical (unpaired) electrons. The number of nitrogens with one attached hydrogen (secondary N) is 2. The molecule has 0 bridgehead atoms. The van der Waals surface area contributed by atoms with Crippen molar-refractivity contribution < 1.29 is 18.8 Å². The number of carbonyl (C=O) groups is 3. The van der Waals surface area contributed by atoms with E-state index < -0.39 is 18.1 Å². The van der Waals surface area contributed by atoms with Gasteiger partial charge in [0.1, 0.15) is 5.82 Å². The van der Waals surface area contributed by atoms with Gasteiger partial charge in [-0.25, -0.2) is 9.18 Å². The first-order valence-corrected chi connectivity index (χ1v) is 13.5. The van der Waals surface area contributed by atoms with Crippen LogP contribution in [0.2, 0.25) is 0 Å². The number of hydrogen-bond acceptors (Lipinski definition) is 4. The monoisotopic (exact) mass is 521 g/mol. The predicted octanol–water partition coefficient (Wildman–Crippen LogP) is 3.76. The van der Waals surface area contributed by atoms with E-state index in [0.29, 0.717) is 43.8 Å². The molecule has 202 valence electrons. The fourth-order valence-corrected chi connectivity index (χ4v) is 5.77. The summed E-state index contributed by atoms with van der Waals surface area (Å²) in [4.78, 5) is 44.0. The van der Waals surface area contributed by atoms with Crippen LogP contribution in [0.4, 0.5) is 9.18 Å². The van der Waals surface area contributed by atoms with E-state index in [-0.39, 0.29) is 36.2 Å². The number of hydrazine groups is 1. The van der Waals surface area contributed by atoms with Crippen molar-refractivity contribution in [1.82, 2.24) is 25.6 Å². The lowest BCUT2D eigenvalue weighted by molar-refractivity contribution is -0.159. The highest BCUT2D eigenvalue weighted by Crippen LogP contribution is 2.41. The molecule has 4 unspecified atom stereocenters. The van der Waals surface area contributed by atoms with E-state index in [0.717, 1.165) is 11.1 Å². The molecule has 5 rings (SSSR count). The zero-order chi connectivity index (χ0) is 27.0. The summed E-state index contributed by atoms with van der Waals surface area (Å²) < 4.78 is 14.4. The average molecular weight is 522 g/mol. The number of hydrogen-bond donors (Lipinski definition) is 2. The third-order valence-electron chi connectivity index (χ3n) is 7.87. The lowest BCUT2D eigenvalue weighted by atomic mass is 9.75. The van der Waals surface area contributed by atoms with E-state index in [1.54, 1.807) is 28.0 Å². The third-order valence-corrected chi connectivity index (χ3v) is 7.87. The van der Waals surface area contributed by atoms with Crippen molar-refractivity contribution in [2.45, 2.75) is 65.5 Å². The standard InChI is InChI=1S/C29H36FN5O3/c1-18(2)15-31-26(36)21-12-13-23-25(14-21)35-28(33(27(23)37)16-20-10-8-19(3)9-11-20)32-34(29(35)38)17-22-6-4-5-7-24(22)30/h4-11,18,21,23,25,28,32H,12-17H2,1-3H3,(H,31,36). The Bertz CT molecular complexity index is 1200. The number of benzene rings is 2. The number of nitrogens with zero attached hydrogens (tertiary/aromatic N) is 3. The molecule has 2 aromatic rings. The molecule has 2 aliphatic heterocycles. The first-order valence-electron chi connectivity index (χ1n) is 13.5. The Morgan fingerprint density at radius 2 is 1.82 bits per heavy atom. The number of amides is 4. The first-order chi connectivity index (χ1) is 18.2. The maximum absolute atomic E-state index is 14.4. The van der Waals surface area contributed by atoms with Crippen molar-refractivity contribution in [3.05, 3.63) is 71.0 Å². The van der Waals surface area contributed by atoms with Crippen LogP contribution in [0.3, 0.4) is 0 Å². The van der Waals surface area contributed by atoms with Crippen LogP contribution in [0.1, 0.15) is 49.8 Å². The van der Waals surface area contributed by atoms with E-state index in [4.69, 9.17) is 0 Å². The first kappa shape index (κ1) is 26.2. The average Bonchev–Trinajstić information content (AvgIpc) is 3.22. The zero-order valence-corrected chi connectivity index (χ0v) is 22.2. The minimum Gasteiger partial charge on any atom is -0.356 e. The molecule has 0 aromatic heterocycles. The Labute approximate surface area is 223 Å². The van der Waals surface area contributed by atoms with E-state index in [9.17, 15) is 18.8 Å². The Kier molecular flexibility index (Phi) is 7.38. The van der Waals surface area contributed by atoms with Crippen LogP contribution >= 0.6 is 0 Å². The van der Waals surface area contributed by atoms with Gasteiger partial charge in [-0.3, -0.25) is 19.5 Å². The zero-order valence-electron chi connectivity index (χ0n) is 22.2. The summed E-state index contributed by atoms with van der Waals surface area (Å²) in [5.74, 6) is -0.748. The SMILES string of the molecule is Cc1ccc(CN2C(=O)C3CCC(C(=O)NCC(C)C)CC3N3C(=O)N(Cc4ccccc4F)NC23)cc1. The van der Waals surface area contributed by atoms with E-state index in [1.807, 2.05) is 45.0 Å². The Morgan fingerprint density at radius 3 is 2.53 bits per heavy atom. The van der Waals surface area contributed by atoms with Crippen molar-refractivity contribution in [2.24, 2.45) is 17.8 Å². The van der Waals surface area contributed by atoms with E-state index >= 15 is 0 Å². The maximum atomic E-state index is 14.4. The fraction of sp³-hybridized carbons (Fsp3) is 0.483. The normalized spacial score (nSPS) is 25.0. The summed E-state index contributed by atoms with van der Waals surface area (Å²) in [5, 5.41) is 4.41. The quantitative estimate of drug-likeness (QED) is 0.581. The largest absolute Gasteiger partial charge is 0.356 e. The van der Waals surface area contributed by atoms with Crippen molar-refractivity contribution >= 4 is 17.8 Å². The molecule has 38 heavy (non-hydrogen) atoms. The van der Waals surface area contributed by atoms with E-state index in [2.05, 4.69) is 10.7 Å². The number of aryl methyl sites for hydroxylation is 1. The van der Waals surface area contributed by atoms with Gasteiger partial charge < -0.3 is 10.2 Å².